The van der Waals surface area contributed by atoms with Gasteiger partial charge >= 0.3 is 0 Å². The summed E-state index contributed by atoms with van der Waals surface area (Å²) in [6.45, 7) is 6.83. The molecule has 0 aliphatic heterocycles. The summed E-state index contributed by atoms with van der Waals surface area (Å²) >= 11 is 1.55. The Morgan fingerprint density at radius 1 is 1.07 bits per heavy atom. The fourth-order valence-corrected chi connectivity index (χ4v) is 4.01. The lowest BCUT2D eigenvalue weighted by atomic mass is 10.1. The van der Waals surface area contributed by atoms with Gasteiger partial charge in [-0.05, 0) is 36.6 Å². The topological polar surface area (TPSA) is 62.3 Å². The Labute approximate surface area is 181 Å². The summed E-state index contributed by atoms with van der Waals surface area (Å²) in [5.41, 5.74) is 4.83. The van der Waals surface area contributed by atoms with Gasteiger partial charge in [-0.15, -0.1) is 11.3 Å². The Bertz CT molecular complexity index is 1010. The number of carbonyl (C=O) groups excluding carboxylic acids is 2. The SMILES string of the molecule is CCc1ccc(-c2nc(CC(=O)Nc3cccc(CN(CC)C(C)=O)c3)cs2)cc1. The molecule has 2 amide bonds. The molecule has 0 unspecified atom stereocenters. The van der Waals surface area contributed by atoms with Crippen LogP contribution in [0.4, 0.5) is 5.69 Å². The third kappa shape index (κ3) is 5.76. The summed E-state index contributed by atoms with van der Waals surface area (Å²) < 4.78 is 0. The second-order valence-corrected chi connectivity index (χ2v) is 8.01. The first-order valence-corrected chi connectivity index (χ1v) is 11.0. The number of hydrogen-bond acceptors (Lipinski definition) is 4. The molecule has 1 N–H and O–H groups in total. The monoisotopic (exact) mass is 421 g/mol. The molecule has 0 aliphatic carbocycles. The van der Waals surface area contributed by atoms with Crippen molar-refractivity contribution in [1.82, 2.24) is 9.88 Å². The van der Waals surface area contributed by atoms with Crippen molar-refractivity contribution in [3.8, 4) is 10.6 Å². The molecule has 0 saturated heterocycles. The zero-order valence-corrected chi connectivity index (χ0v) is 18.5. The third-order valence-electron chi connectivity index (χ3n) is 4.91. The third-order valence-corrected chi connectivity index (χ3v) is 5.85. The predicted molar refractivity (Wildman–Crippen MR) is 122 cm³/mol. The van der Waals surface area contributed by atoms with Crippen LogP contribution in [-0.4, -0.2) is 28.2 Å². The molecule has 0 atom stereocenters. The van der Waals surface area contributed by atoms with Crippen LogP contribution in [0.1, 0.15) is 37.6 Å². The first-order chi connectivity index (χ1) is 14.5. The van der Waals surface area contributed by atoms with E-state index < -0.39 is 0 Å². The minimum Gasteiger partial charge on any atom is -0.339 e. The smallest absolute Gasteiger partial charge is 0.230 e. The zero-order chi connectivity index (χ0) is 21.5. The van der Waals surface area contributed by atoms with Crippen LogP contribution in [0.15, 0.2) is 53.9 Å². The largest absolute Gasteiger partial charge is 0.339 e. The first-order valence-electron chi connectivity index (χ1n) is 10.2. The van der Waals surface area contributed by atoms with E-state index in [1.807, 2.05) is 36.6 Å². The molecule has 0 spiro atoms. The molecular formula is C24H27N3O2S. The van der Waals surface area contributed by atoms with Crippen LogP contribution < -0.4 is 5.32 Å². The average Bonchev–Trinajstić information content (AvgIpc) is 3.20. The molecule has 0 saturated carbocycles. The van der Waals surface area contributed by atoms with Gasteiger partial charge < -0.3 is 10.2 Å². The fraction of sp³-hybridized carbons (Fsp3) is 0.292. The van der Waals surface area contributed by atoms with Gasteiger partial charge in [0.1, 0.15) is 5.01 Å². The Hall–Kier alpha value is -2.99. The molecule has 0 bridgehead atoms. The van der Waals surface area contributed by atoms with Crippen molar-refractivity contribution in [3.63, 3.8) is 0 Å². The summed E-state index contributed by atoms with van der Waals surface area (Å²) in [6.07, 6.45) is 1.23. The average molecular weight is 422 g/mol. The van der Waals surface area contributed by atoms with Crippen molar-refractivity contribution < 1.29 is 9.59 Å². The number of nitrogens with one attached hydrogen (secondary N) is 1. The highest BCUT2D eigenvalue weighted by Crippen LogP contribution is 2.24. The molecule has 156 valence electrons. The summed E-state index contributed by atoms with van der Waals surface area (Å²) in [5, 5.41) is 5.80. The normalized spacial score (nSPS) is 10.6. The number of aryl methyl sites for hydroxylation is 1. The Kier molecular flexibility index (Phi) is 7.36. The maximum Gasteiger partial charge on any atom is 0.230 e. The van der Waals surface area contributed by atoms with Gasteiger partial charge in [0.15, 0.2) is 0 Å². The number of amides is 2. The van der Waals surface area contributed by atoms with E-state index >= 15 is 0 Å². The van der Waals surface area contributed by atoms with Crippen molar-refractivity contribution in [2.45, 2.75) is 40.2 Å². The molecule has 5 nitrogen and oxygen atoms in total. The second kappa shape index (κ2) is 10.2. The molecule has 0 fully saturated rings. The summed E-state index contributed by atoms with van der Waals surface area (Å²) in [7, 11) is 0. The van der Waals surface area contributed by atoms with E-state index in [9.17, 15) is 9.59 Å². The molecule has 6 heteroatoms. The molecular weight excluding hydrogens is 394 g/mol. The number of thiazole rings is 1. The van der Waals surface area contributed by atoms with Crippen LogP contribution in [-0.2, 0) is 29.0 Å². The molecule has 1 aromatic heterocycles. The van der Waals surface area contributed by atoms with E-state index in [0.29, 0.717) is 13.1 Å². The maximum absolute atomic E-state index is 12.5. The quantitative estimate of drug-likeness (QED) is 0.561. The van der Waals surface area contributed by atoms with Gasteiger partial charge in [-0.3, -0.25) is 9.59 Å². The van der Waals surface area contributed by atoms with Crippen LogP contribution in [0.5, 0.6) is 0 Å². The predicted octanol–water partition coefficient (Wildman–Crippen LogP) is 4.92. The van der Waals surface area contributed by atoms with Gasteiger partial charge in [0.25, 0.3) is 0 Å². The van der Waals surface area contributed by atoms with Crippen LogP contribution in [0.25, 0.3) is 10.6 Å². The van der Waals surface area contributed by atoms with Crippen LogP contribution in [0, 0.1) is 0 Å². The van der Waals surface area contributed by atoms with Crippen molar-refractivity contribution in [2.75, 3.05) is 11.9 Å². The molecule has 3 rings (SSSR count). The van der Waals surface area contributed by atoms with Crippen LogP contribution >= 0.6 is 11.3 Å². The summed E-state index contributed by atoms with van der Waals surface area (Å²) in [4.78, 5) is 30.5. The van der Waals surface area contributed by atoms with E-state index in [0.717, 1.165) is 33.9 Å². The maximum atomic E-state index is 12.5. The van der Waals surface area contributed by atoms with Gasteiger partial charge in [0.05, 0.1) is 12.1 Å². The Morgan fingerprint density at radius 3 is 2.50 bits per heavy atom. The number of carbonyl (C=O) groups is 2. The lowest BCUT2D eigenvalue weighted by molar-refractivity contribution is -0.129. The standard InChI is InChI=1S/C24H27N3O2S/c1-4-18-9-11-20(12-10-18)24-26-22(16-30-24)14-23(29)25-21-8-6-7-19(13-21)15-27(5-2)17(3)28/h6-13,16H,4-5,14-15H2,1-3H3,(H,25,29). The molecule has 0 aliphatic rings. The number of nitrogens with zero attached hydrogens (tertiary/aromatic N) is 2. The van der Waals surface area contributed by atoms with Gasteiger partial charge in [0.2, 0.25) is 11.8 Å². The Balaban J connectivity index is 1.61. The van der Waals surface area contributed by atoms with Gasteiger partial charge in [-0.25, -0.2) is 4.98 Å². The lowest BCUT2D eigenvalue weighted by Gasteiger charge is -2.19. The van der Waals surface area contributed by atoms with Crippen molar-refractivity contribution >= 4 is 28.8 Å². The number of rotatable bonds is 8. The van der Waals surface area contributed by atoms with Gasteiger partial charge in [-0.2, -0.15) is 0 Å². The van der Waals surface area contributed by atoms with E-state index in [-0.39, 0.29) is 18.2 Å². The number of benzene rings is 2. The minimum atomic E-state index is -0.107. The van der Waals surface area contributed by atoms with Crippen molar-refractivity contribution in [3.05, 3.63) is 70.7 Å². The lowest BCUT2D eigenvalue weighted by Crippen LogP contribution is -2.27. The summed E-state index contributed by atoms with van der Waals surface area (Å²) in [6, 6.07) is 16.0. The van der Waals surface area contributed by atoms with Crippen LogP contribution in [0.3, 0.4) is 0 Å². The van der Waals surface area contributed by atoms with E-state index in [2.05, 4.69) is 41.5 Å². The first kappa shape index (κ1) is 21.7. The molecule has 30 heavy (non-hydrogen) atoms. The minimum absolute atomic E-state index is 0.0376. The van der Waals surface area contributed by atoms with Gasteiger partial charge in [0, 0.05) is 36.6 Å². The van der Waals surface area contributed by atoms with E-state index in [1.54, 1.807) is 23.2 Å². The molecule has 2 aromatic carbocycles. The number of hydrogen-bond donors (Lipinski definition) is 1. The van der Waals surface area contributed by atoms with E-state index in [1.165, 1.54) is 5.56 Å². The fourth-order valence-electron chi connectivity index (χ4n) is 3.19. The number of aromatic nitrogens is 1. The highest BCUT2D eigenvalue weighted by Gasteiger charge is 2.11. The molecule has 3 aromatic rings. The van der Waals surface area contributed by atoms with Gasteiger partial charge in [-0.1, -0.05) is 43.3 Å². The summed E-state index contributed by atoms with van der Waals surface area (Å²) in [5.74, 6) is -0.0696. The molecule has 1 heterocycles. The highest BCUT2D eigenvalue weighted by atomic mass is 32.1. The number of anilines is 1. The highest BCUT2D eigenvalue weighted by molar-refractivity contribution is 7.13. The van der Waals surface area contributed by atoms with Crippen LogP contribution in [0.2, 0.25) is 0 Å². The second-order valence-electron chi connectivity index (χ2n) is 7.15. The van der Waals surface area contributed by atoms with Crippen molar-refractivity contribution in [2.24, 2.45) is 0 Å². The Morgan fingerprint density at radius 2 is 1.83 bits per heavy atom. The van der Waals surface area contributed by atoms with E-state index in [4.69, 9.17) is 0 Å². The molecule has 0 radical (unpaired) electrons. The zero-order valence-electron chi connectivity index (χ0n) is 17.6. The van der Waals surface area contributed by atoms with Crippen molar-refractivity contribution in [1.29, 1.82) is 0 Å².